The summed E-state index contributed by atoms with van der Waals surface area (Å²) in [6.07, 6.45) is 3.06. The minimum atomic E-state index is -0.173. The number of hydrogen-bond acceptors (Lipinski definition) is 2. The second-order valence-electron chi connectivity index (χ2n) is 3.68. The van der Waals surface area contributed by atoms with Gasteiger partial charge in [-0.1, -0.05) is 29.8 Å². The number of carbonyl (C=O) groups is 2. The fraction of sp³-hybridized carbons (Fsp3) is 0.231. The highest BCUT2D eigenvalue weighted by molar-refractivity contribution is 5.90. The molecule has 0 aliphatic heterocycles. The number of amides is 1. The molecule has 0 N–H and O–H groups in total. The average molecular weight is 217 g/mol. The van der Waals surface area contributed by atoms with Gasteiger partial charge in [0, 0.05) is 19.7 Å². The lowest BCUT2D eigenvalue weighted by molar-refractivity contribution is -0.125. The summed E-state index contributed by atoms with van der Waals surface area (Å²) in [6.45, 7) is 2.56. The lowest BCUT2D eigenvalue weighted by Crippen LogP contribution is -2.24. The fourth-order valence-electron chi connectivity index (χ4n) is 1.29. The highest BCUT2D eigenvalue weighted by Crippen LogP contribution is 2.06. The van der Waals surface area contributed by atoms with Gasteiger partial charge in [0.1, 0.15) is 6.29 Å². The average Bonchev–Trinajstić information content (AvgIpc) is 2.29. The third kappa shape index (κ3) is 3.69. The van der Waals surface area contributed by atoms with E-state index in [2.05, 4.69) is 0 Å². The Balaban J connectivity index is 2.60. The molecule has 1 amide bonds. The number of hydrogen-bond donors (Lipinski definition) is 0. The van der Waals surface area contributed by atoms with Crippen molar-refractivity contribution in [3.05, 3.63) is 47.5 Å². The summed E-state index contributed by atoms with van der Waals surface area (Å²) < 4.78 is 0. The number of rotatable bonds is 4. The van der Waals surface area contributed by atoms with Gasteiger partial charge in [0.2, 0.25) is 5.91 Å². The maximum absolute atomic E-state index is 11.5. The van der Waals surface area contributed by atoms with E-state index in [1.54, 1.807) is 11.9 Å². The van der Waals surface area contributed by atoms with Gasteiger partial charge in [-0.05, 0) is 18.6 Å². The van der Waals surface area contributed by atoms with Gasteiger partial charge >= 0.3 is 0 Å². The summed E-state index contributed by atoms with van der Waals surface area (Å²) in [7, 11) is 1.71. The number of benzene rings is 1. The molecular weight excluding hydrogens is 202 g/mol. The van der Waals surface area contributed by atoms with E-state index in [-0.39, 0.29) is 5.91 Å². The summed E-state index contributed by atoms with van der Waals surface area (Å²) in [5.74, 6) is -0.173. The molecule has 1 aromatic carbocycles. The van der Waals surface area contributed by atoms with Crippen molar-refractivity contribution in [1.82, 2.24) is 4.90 Å². The molecule has 0 unspecified atom stereocenters. The van der Waals surface area contributed by atoms with Crippen LogP contribution in [-0.2, 0) is 16.1 Å². The van der Waals surface area contributed by atoms with Crippen molar-refractivity contribution in [2.75, 3.05) is 7.05 Å². The number of allylic oxidation sites excluding steroid dienone is 1. The van der Waals surface area contributed by atoms with Crippen LogP contribution < -0.4 is 0 Å². The predicted octanol–water partition coefficient (Wildman–Crippen LogP) is 1.71. The molecule has 1 aromatic rings. The number of aldehydes is 1. The number of carbonyl (C=O) groups excluding carboxylic acids is 2. The lowest BCUT2D eigenvalue weighted by Gasteiger charge is -2.15. The first-order valence-electron chi connectivity index (χ1n) is 5.06. The van der Waals surface area contributed by atoms with Gasteiger partial charge in [0.15, 0.2) is 0 Å². The van der Waals surface area contributed by atoms with Crippen LogP contribution in [0.25, 0.3) is 0 Å². The molecule has 0 aliphatic carbocycles. The van der Waals surface area contributed by atoms with E-state index in [1.807, 2.05) is 31.2 Å². The molecular formula is C13H15NO2. The minimum absolute atomic E-state index is 0.173. The maximum Gasteiger partial charge on any atom is 0.246 e. The minimum Gasteiger partial charge on any atom is -0.338 e. The maximum atomic E-state index is 11.5. The van der Waals surface area contributed by atoms with Crippen molar-refractivity contribution in [3.8, 4) is 0 Å². The molecule has 16 heavy (non-hydrogen) atoms. The summed E-state index contributed by atoms with van der Waals surface area (Å²) in [6, 6.07) is 7.99. The quantitative estimate of drug-likeness (QED) is 0.568. The van der Waals surface area contributed by atoms with Crippen molar-refractivity contribution in [3.63, 3.8) is 0 Å². The number of likely N-dealkylation sites (N-methyl/N-ethyl adjacent to an activating group) is 1. The van der Waals surface area contributed by atoms with E-state index >= 15 is 0 Å². The molecule has 0 fully saturated rings. The molecule has 0 aliphatic rings. The highest BCUT2D eigenvalue weighted by Gasteiger charge is 2.04. The van der Waals surface area contributed by atoms with E-state index in [0.29, 0.717) is 12.8 Å². The lowest BCUT2D eigenvalue weighted by atomic mass is 10.1. The summed E-state index contributed by atoms with van der Waals surface area (Å²) in [4.78, 5) is 23.1. The predicted molar refractivity (Wildman–Crippen MR) is 62.9 cm³/mol. The SMILES string of the molecule is Cc1ccc(CN(C)C(=O)/C=C\C=O)cc1. The van der Waals surface area contributed by atoms with Crippen molar-refractivity contribution in [2.45, 2.75) is 13.5 Å². The van der Waals surface area contributed by atoms with Gasteiger partial charge < -0.3 is 4.90 Å². The third-order valence-electron chi connectivity index (χ3n) is 2.23. The van der Waals surface area contributed by atoms with Gasteiger partial charge in [-0.15, -0.1) is 0 Å². The van der Waals surface area contributed by atoms with Crippen LogP contribution >= 0.6 is 0 Å². The van der Waals surface area contributed by atoms with Gasteiger partial charge in [-0.25, -0.2) is 0 Å². The Morgan fingerprint density at radius 1 is 1.31 bits per heavy atom. The highest BCUT2D eigenvalue weighted by atomic mass is 16.2. The smallest absolute Gasteiger partial charge is 0.246 e. The van der Waals surface area contributed by atoms with Gasteiger partial charge in [0.25, 0.3) is 0 Å². The van der Waals surface area contributed by atoms with Crippen LogP contribution in [0, 0.1) is 6.92 Å². The Morgan fingerprint density at radius 2 is 1.94 bits per heavy atom. The normalized spacial score (nSPS) is 10.4. The number of nitrogens with zero attached hydrogens (tertiary/aromatic N) is 1. The molecule has 0 atom stereocenters. The van der Waals surface area contributed by atoms with Crippen molar-refractivity contribution < 1.29 is 9.59 Å². The molecule has 84 valence electrons. The Hall–Kier alpha value is -1.90. The van der Waals surface area contributed by atoms with Crippen LogP contribution in [0.1, 0.15) is 11.1 Å². The van der Waals surface area contributed by atoms with E-state index in [4.69, 9.17) is 0 Å². The van der Waals surface area contributed by atoms with Crippen LogP contribution in [0.15, 0.2) is 36.4 Å². The molecule has 0 heterocycles. The van der Waals surface area contributed by atoms with E-state index in [9.17, 15) is 9.59 Å². The van der Waals surface area contributed by atoms with Crippen LogP contribution in [-0.4, -0.2) is 24.1 Å². The second kappa shape index (κ2) is 5.85. The van der Waals surface area contributed by atoms with Crippen LogP contribution in [0.5, 0.6) is 0 Å². The standard InChI is InChI=1S/C13H15NO2/c1-11-5-7-12(8-6-11)10-14(2)13(16)4-3-9-15/h3-9H,10H2,1-2H3/b4-3-. The summed E-state index contributed by atoms with van der Waals surface area (Å²) in [5, 5.41) is 0. The van der Waals surface area contributed by atoms with E-state index < -0.39 is 0 Å². The molecule has 3 nitrogen and oxygen atoms in total. The molecule has 1 rings (SSSR count). The van der Waals surface area contributed by atoms with Gasteiger partial charge in [-0.3, -0.25) is 9.59 Å². The summed E-state index contributed by atoms with van der Waals surface area (Å²) >= 11 is 0. The Kier molecular flexibility index (Phi) is 4.45. The van der Waals surface area contributed by atoms with Crippen LogP contribution in [0.2, 0.25) is 0 Å². The summed E-state index contributed by atoms with van der Waals surface area (Å²) in [5.41, 5.74) is 2.26. The van der Waals surface area contributed by atoms with E-state index in [0.717, 1.165) is 5.56 Å². The van der Waals surface area contributed by atoms with E-state index in [1.165, 1.54) is 17.7 Å². The first-order valence-corrected chi connectivity index (χ1v) is 5.06. The largest absolute Gasteiger partial charge is 0.338 e. The Morgan fingerprint density at radius 3 is 2.50 bits per heavy atom. The topological polar surface area (TPSA) is 37.4 Å². The fourth-order valence-corrected chi connectivity index (χ4v) is 1.29. The van der Waals surface area contributed by atoms with Crippen molar-refractivity contribution in [1.29, 1.82) is 0 Å². The molecule has 0 saturated carbocycles. The Bertz CT molecular complexity index is 393. The van der Waals surface area contributed by atoms with Crippen LogP contribution in [0.4, 0.5) is 0 Å². The van der Waals surface area contributed by atoms with Crippen molar-refractivity contribution >= 4 is 12.2 Å². The first kappa shape index (κ1) is 12.2. The second-order valence-corrected chi connectivity index (χ2v) is 3.68. The van der Waals surface area contributed by atoms with Crippen molar-refractivity contribution in [2.24, 2.45) is 0 Å². The Labute approximate surface area is 95.4 Å². The molecule has 0 aromatic heterocycles. The number of aryl methyl sites for hydroxylation is 1. The monoisotopic (exact) mass is 217 g/mol. The van der Waals surface area contributed by atoms with Crippen LogP contribution in [0.3, 0.4) is 0 Å². The first-order chi connectivity index (χ1) is 7.63. The molecule has 0 saturated heterocycles. The molecule has 0 spiro atoms. The van der Waals surface area contributed by atoms with Gasteiger partial charge in [-0.2, -0.15) is 0 Å². The molecule has 3 heteroatoms. The zero-order chi connectivity index (χ0) is 12.0. The molecule has 0 bridgehead atoms. The van der Waals surface area contributed by atoms with Gasteiger partial charge in [0.05, 0.1) is 0 Å². The molecule has 0 radical (unpaired) electrons. The zero-order valence-corrected chi connectivity index (χ0v) is 9.51. The zero-order valence-electron chi connectivity index (χ0n) is 9.51. The third-order valence-corrected chi connectivity index (χ3v) is 2.23.